The number of benzene rings is 2. The Balaban J connectivity index is 1.98. The predicted molar refractivity (Wildman–Crippen MR) is 81.0 cm³/mol. The van der Waals surface area contributed by atoms with E-state index in [1.807, 2.05) is 24.3 Å². The minimum absolute atomic E-state index is 0.0797. The molecule has 0 radical (unpaired) electrons. The van der Waals surface area contributed by atoms with Gasteiger partial charge in [0, 0.05) is 25.5 Å². The standard InChI is InChI=1S/C17H14F3N3/c18-14-5-4-13(15(19)16(14)20)17-22-6-7-23(17)10-12-3-1-2-11(8-12)9-21/h1-8H,9-10,21H2. The van der Waals surface area contributed by atoms with Gasteiger partial charge in [-0.15, -0.1) is 0 Å². The zero-order chi connectivity index (χ0) is 16.4. The van der Waals surface area contributed by atoms with Crippen molar-refractivity contribution in [2.75, 3.05) is 0 Å². The van der Waals surface area contributed by atoms with Crippen molar-refractivity contribution >= 4 is 0 Å². The summed E-state index contributed by atoms with van der Waals surface area (Å²) in [5.41, 5.74) is 7.47. The molecular weight excluding hydrogens is 303 g/mol. The Bertz CT molecular complexity index is 843. The molecule has 6 heteroatoms. The summed E-state index contributed by atoms with van der Waals surface area (Å²) in [4.78, 5) is 4.07. The van der Waals surface area contributed by atoms with Crippen LogP contribution in [-0.2, 0) is 13.1 Å². The molecule has 0 aliphatic carbocycles. The smallest absolute Gasteiger partial charge is 0.195 e. The lowest BCUT2D eigenvalue weighted by molar-refractivity contribution is 0.448. The van der Waals surface area contributed by atoms with Gasteiger partial charge in [0.15, 0.2) is 17.5 Å². The Kier molecular flexibility index (Phi) is 4.16. The third-order valence-corrected chi connectivity index (χ3v) is 3.57. The van der Waals surface area contributed by atoms with Crippen LogP contribution in [0.1, 0.15) is 11.1 Å². The highest BCUT2D eigenvalue weighted by Crippen LogP contribution is 2.25. The van der Waals surface area contributed by atoms with Crippen molar-refractivity contribution in [1.82, 2.24) is 9.55 Å². The van der Waals surface area contributed by atoms with Gasteiger partial charge in [-0.3, -0.25) is 0 Å². The number of hydrogen-bond acceptors (Lipinski definition) is 2. The van der Waals surface area contributed by atoms with E-state index in [0.717, 1.165) is 17.2 Å². The van der Waals surface area contributed by atoms with Gasteiger partial charge in [-0.1, -0.05) is 24.3 Å². The van der Waals surface area contributed by atoms with Gasteiger partial charge in [-0.2, -0.15) is 0 Å². The first kappa shape index (κ1) is 15.3. The maximum Gasteiger partial charge on any atom is 0.195 e. The number of hydrogen-bond donors (Lipinski definition) is 1. The fourth-order valence-corrected chi connectivity index (χ4v) is 2.43. The topological polar surface area (TPSA) is 43.8 Å². The van der Waals surface area contributed by atoms with Gasteiger partial charge in [0.2, 0.25) is 0 Å². The summed E-state index contributed by atoms with van der Waals surface area (Å²) in [6.07, 6.45) is 3.15. The highest BCUT2D eigenvalue weighted by molar-refractivity contribution is 5.57. The molecule has 0 aliphatic rings. The molecule has 2 N–H and O–H groups in total. The highest BCUT2D eigenvalue weighted by Gasteiger charge is 2.18. The molecule has 0 atom stereocenters. The molecule has 0 spiro atoms. The van der Waals surface area contributed by atoms with Crippen LogP contribution in [0.15, 0.2) is 48.8 Å². The summed E-state index contributed by atoms with van der Waals surface area (Å²) in [5.74, 6) is -3.73. The van der Waals surface area contributed by atoms with Gasteiger partial charge in [0.05, 0.1) is 5.56 Å². The largest absolute Gasteiger partial charge is 0.326 e. The molecule has 0 saturated heterocycles. The van der Waals surface area contributed by atoms with E-state index in [-0.39, 0.29) is 11.4 Å². The van der Waals surface area contributed by atoms with E-state index in [1.54, 1.807) is 10.8 Å². The summed E-state index contributed by atoms with van der Waals surface area (Å²) in [6, 6.07) is 9.71. The maximum absolute atomic E-state index is 14.0. The van der Waals surface area contributed by atoms with Crippen molar-refractivity contribution in [2.45, 2.75) is 13.1 Å². The number of halogens is 3. The average Bonchev–Trinajstić information content (AvgIpc) is 3.01. The molecule has 0 unspecified atom stereocenters. The van der Waals surface area contributed by atoms with Gasteiger partial charge in [-0.25, -0.2) is 18.2 Å². The van der Waals surface area contributed by atoms with Crippen LogP contribution in [0.4, 0.5) is 13.2 Å². The first-order valence-corrected chi connectivity index (χ1v) is 7.03. The average molecular weight is 317 g/mol. The molecule has 3 nitrogen and oxygen atoms in total. The summed E-state index contributed by atoms with van der Waals surface area (Å²) in [7, 11) is 0. The van der Waals surface area contributed by atoms with Crippen LogP contribution < -0.4 is 5.73 Å². The highest BCUT2D eigenvalue weighted by atomic mass is 19.2. The van der Waals surface area contributed by atoms with E-state index >= 15 is 0 Å². The number of imidazole rings is 1. The molecule has 0 aliphatic heterocycles. The summed E-state index contributed by atoms with van der Waals surface area (Å²) < 4.78 is 42.2. The second-order valence-electron chi connectivity index (χ2n) is 5.13. The third-order valence-electron chi connectivity index (χ3n) is 3.57. The normalized spacial score (nSPS) is 11.0. The molecule has 2 aromatic carbocycles. The van der Waals surface area contributed by atoms with E-state index < -0.39 is 17.5 Å². The molecule has 0 fully saturated rings. The molecule has 0 amide bonds. The quantitative estimate of drug-likeness (QED) is 0.749. The Morgan fingerprint density at radius 2 is 1.78 bits per heavy atom. The van der Waals surface area contributed by atoms with Gasteiger partial charge in [-0.05, 0) is 23.3 Å². The van der Waals surface area contributed by atoms with Crippen molar-refractivity contribution in [3.8, 4) is 11.4 Å². The Labute approximate surface area is 131 Å². The number of rotatable bonds is 4. The number of nitrogens with zero attached hydrogens (tertiary/aromatic N) is 2. The van der Waals surface area contributed by atoms with Crippen LogP contribution in [0.5, 0.6) is 0 Å². The zero-order valence-corrected chi connectivity index (χ0v) is 12.1. The SMILES string of the molecule is NCc1cccc(Cn2ccnc2-c2ccc(F)c(F)c2F)c1. The molecule has 3 aromatic rings. The van der Waals surface area contributed by atoms with Gasteiger partial charge in [0.1, 0.15) is 5.82 Å². The zero-order valence-electron chi connectivity index (χ0n) is 12.1. The van der Waals surface area contributed by atoms with E-state index in [1.165, 1.54) is 12.3 Å². The maximum atomic E-state index is 14.0. The summed E-state index contributed by atoms with van der Waals surface area (Å²) >= 11 is 0. The van der Waals surface area contributed by atoms with Crippen LogP contribution in [0.3, 0.4) is 0 Å². The molecule has 0 saturated carbocycles. The predicted octanol–water partition coefficient (Wildman–Crippen LogP) is 3.47. The summed E-state index contributed by atoms with van der Waals surface area (Å²) in [6.45, 7) is 0.837. The molecule has 1 heterocycles. The second kappa shape index (κ2) is 6.26. The Hall–Kier alpha value is -2.60. The van der Waals surface area contributed by atoms with Crippen LogP contribution in [0.25, 0.3) is 11.4 Å². The van der Waals surface area contributed by atoms with Crippen LogP contribution in [-0.4, -0.2) is 9.55 Å². The van der Waals surface area contributed by atoms with Crippen molar-refractivity contribution in [1.29, 1.82) is 0 Å². The van der Waals surface area contributed by atoms with E-state index in [0.29, 0.717) is 13.1 Å². The lowest BCUT2D eigenvalue weighted by Gasteiger charge is -2.10. The lowest BCUT2D eigenvalue weighted by atomic mass is 10.1. The molecule has 0 bridgehead atoms. The van der Waals surface area contributed by atoms with E-state index in [9.17, 15) is 13.2 Å². The van der Waals surface area contributed by atoms with Gasteiger partial charge in [0.25, 0.3) is 0 Å². The first-order valence-electron chi connectivity index (χ1n) is 7.03. The van der Waals surface area contributed by atoms with Crippen molar-refractivity contribution in [3.63, 3.8) is 0 Å². The third kappa shape index (κ3) is 2.98. The molecule has 23 heavy (non-hydrogen) atoms. The number of aromatic nitrogens is 2. The molecule has 3 rings (SSSR count). The molecular formula is C17H14F3N3. The van der Waals surface area contributed by atoms with Crippen molar-refractivity contribution in [2.24, 2.45) is 5.73 Å². The van der Waals surface area contributed by atoms with Crippen LogP contribution in [0.2, 0.25) is 0 Å². The molecule has 118 valence electrons. The molecule has 1 aromatic heterocycles. The van der Waals surface area contributed by atoms with Gasteiger partial charge >= 0.3 is 0 Å². The minimum Gasteiger partial charge on any atom is -0.326 e. The second-order valence-corrected chi connectivity index (χ2v) is 5.13. The minimum atomic E-state index is -1.50. The summed E-state index contributed by atoms with van der Waals surface area (Å²) in [5, 5.41) is 0. The monoisotopic (exact) mass is 317 g/mol. The first-order chi connectivity index (χ1) is 11.1. The Morgan fingerprint density at radius 1 is 1.00 bits per heavy atom. The number of nitrogens with two attached hydrogens (primary N) is 1. The lowest BCUT2D eigenvalue weighted by Crippen LogP contribution is -2.05. The van der Waals surface area contributed by atoms with Crippen molar-refractivity contribution < 1.29 is 13.2 Å². The fourth-order valence-electron chi connectivity index (χ4n) is 2.43. The van der Waals surface area contributed by atoms with E-state index in [4.69, 9.17) is 5.73 Å². The Morgan fingerprint density at radius 3 is 2.57 bits per heavy atom. The van der Waals surface area contributed by atoms with Crippen LogP contribution in [0, 0.1) is 17.5 Å². The van der Waals surface area contributed by atoms with Crippen molar-refractivity contribution in [3.05, 3.63) is 77.4 Å². The fraction of sp³-hybridized carbons (Fsp3) is 0.118. The van der Waals surface area contributed by atoms with Crippen LogP contribution >= 0.6 is 0 Å². The van der Waals surface area contributed by atoms with Gasteiger partial charge < -0.3 is 10.3 Å². The van der Waals surface area contributed by atoms with E-state index in [2.05, 4.69) is 4.98 Å².